The fourth-order valence-corrected chi connectivity index (χ4v) is 7.67. The van der Waals surface area contributed by atoms with Crippen LogP contribution < -0.4 is 4.90 Å². The van der Waals surface area contributed by atoms with Crippen LogP contribution in [0.4, 0.5) is 17.1 Å². The summed E-state index contributed by atoms with van der Waals surface area (Å²) in [6.45, 7) is 9.23. The Labute approximate surface area is 264 Å². The van der Waals surface area contributed by atoms with Crippen molar-refractivity contribution < 1.29 is 0 Å². The van der Waals surface area contributed by atoms with E-state index in [0.717, 1.165) is 17.1 Å². The van der Waals surface area contributed by atoms with Crippen molar-refractivity contribution in [3.8, 4) is 17.2 Å². The van der Waals surface area contributed by atoms with Crippen molar-refractivity contribution in [1.29, 1.82) is 5.26 Å². The summed E-state index contributed by atoms with van der Waals surface area (Å²) in [6.07, 6.45) is 0. The molecule has 7 aromatic rings. The van der Waals surface area contributed by atoms with Crippen LogP contribution in [0.15, 0.2) is 127 Å². The highest BCUT2D eigenvalue weighted by molar-refractivity contribution is 6.19. The van der Waals surface area contributed by atoms with Crippen molar-refractivity contribution in [1.82, 2.24) is 0 Å². The Balaban J connectivity index is 1.34. The summed E-state index contributed by atoms with van der Waals surface area (Å²) >= 11 is 0. The maximum absolute atomic E-state index is 9.44. The first-order valence-corrected chi connectivity index (χ1v) is 15.8. The maximum atomic E-state index is 9.44. The molecule has 45 heavy (non-hydrogen) atoms. The molecule has 216 valence electrons. The van der Waals surface area contributed by atoms with E-state index in [9.17, 15) is 5.26 Å². The van der Waals surface area contributed by atoms with Crippen LogP contribution in [0.2, 0.25) is 0 Å². The summed E-state index contributed by atoms with van der Waals surface area (Å²) < 4.78 is 0. The second kappa shape index (κ2) is 10.1. The van der Waals surface area contributed by atoms with E-state index in [1.165, 1.54) is 60.1 Å². The highest BCUT2D eigenvalue weighted by Gasteiger charge is 2.39. The predicted molar refractivity (Wildman–Crippen MR) is 190 cm³/mol. The first-order chi connectivity index (χ1) is 21.9. The Hall–Kier alpha value is -5.39. The first-order valence-electron chi connectivity index (χ1n) is 15.8. The van der Waals surface area contributed by atoms with Crippen LogP contribution in [-0.4, -0.2) is 0 Å². The van der Waals surface area contributed by atoms with E-state index in [1.807, 2.05) is 24.3 Å². The molecule has 0 spiro atoms. The lowest BCUT2D eigenvalue weighted by molar-refractivity contribution is 0.672. The van der Waals surface area contributed by atoms with Crippen molar-refractivity contribution in [2.45, 2.75) is 39.0 Å². The van der Waals surface area contributed by atoms with Crippen molar-refractivity contribution in [2.75, 3.05) is 4.90 Å². The van der Waals surface area contributed by atoms with Crippen LogP contribution >= 0.6 is 0 Å². The summed E-state index contributed by atoms with van der Waals surface area (Å²) in [5, 5.41) is 17.3. The predicted octanol–water partition coefficient (Wildman–Crippen LogP) is 11.9. The normalized spacial score (nSPS) is 13.2. The zero-order chi connectivity index (χ0) is 30.9. The molecule has 0 aromatic heterocycles. The van der Waals surface area contributed by atoms with Gasteiger partial charge in [0.25, 0.3) is 0 Å². The van der Waals surface area contributed by atoms with Crippen molar-refractivity contribution in [3.63, 3.8) is 0 Å². The van der Waals surface area contributed by atoms with E-state index >= 15 is 0 Å². The Bertz CT molecular complexity index is 2320. The highest BCUT2D eigenvalue weighted by atomic mass is 15.1. The molecule has 0 heterocycles. The molecule has 0 fully saturated rings. The molecule has 0 N–H and O–H groups in total. The van der Waals surface area contributed by atoms with E-state index < -0.39 is 0 Å². The molecule has 1 aliphatic rings. The number of hydrogen-bond acceptors (Lipinski definition) is 2. The van der Waals surface area contributed by atoms with Gasteiger partial charge in [-0.15, -0.1) is 0 Å². The molecule has 0 atom stereocenters. The number of anilines is 3. The molecule has 0 saturated heterocycles. The summed E-state index contributed by atoms with van der Waals surface area (Å²) in [7, 11) is 0. The van der Waals surface area contributed by atoms with E-state index in [4.69, 9.17) is 0 Å². The smallest absolute Gasteiger partial charge is 0.0991 e. The molecule has 0 radical (unpaired) electrons. The monoisotopic (exact) mass is 578 g/mol. The summed E-state index contributed by atoms with van der Waals surface area (Å²) in [5.41, 5.74) is 10.5. The van der Waals surface area contributed by atoms with Gasteiger partial charge < -0.3 is 4.90 Å². The van der Waals surface area contributed by atoms with E-state index in [-0.39, 0.29) is 5.41 Å². The molecule has 2 heteroatoms. The maximum Gasteiger partial charge on any atom is 0.0991 e. The third kappa shape index (κ3) is 4.08. The fraction of sp³-hybridized carbons (Fsp3) is 0.140. The van der Waals surface area contributed by atoms with Crippen LogP contribution in [0.3, 0.4) is 0 Å². The van der Waals surface area contributed by atoms with Crippen LogP contribution in [0.5, 0.6) is 0 Å². The number of benzene rings is 7. The third-order valence-electron chi connectivity index (χ3n) is 9.79. The van der Waals surface area contributed by atoms with Gasteiger partial charge in [-0.1, -0.05) is 107 Å². The number of hydrogen-bond donors (Lipinski definition) is 0. The van der Waals surface area contributed by atoms with Crippen LogP contribution in [0.1, 0.15) is 55.9 Å². The molecule has 0 saturated carbocycles. The van der Waals surface area contributed by atoms with E-state index in [0.29, 0.717) is 11.5 Å². The standard InChI is InChI=1S/C43H34N2/c1-27(2)29-15-20-32(21-16-29)45(31-18-13-28(26-44)14-19-31)33-22-24-34-30(25-33)17-23-39-40-37-11-7-5-9-35(37)36-10-6-8-12-38(36)42(40)43(3,4)41(34)39/h5-25,27H,1-4H3. The molecule has 0 aliphatic heterocycles. The highest BCUT2D eigenvalue weighted by Crippen LogP contribution is 2.56. The molecule has 8 rings (SSSR count). The number of nitrogens with zero attached hydrogens (tertiary/aromatic N) is 2. The Morgan fingerprint density at radius 1 is 0.578 bits per heavy atom. The largest absolute Gasteiger partial charge is 0.310 e. The molecular weight excluding hydrogens is 544 g/mol. The number of fused-ring (bicyclic) bond motifs is 10. The Kier molecular flexibility index (Phi) is 6.09. The molecular formula is C43H34N2. The molecule has 0 unspecified atom stereocenters. The van der Waals surface area contributed by atoms with Crippen LogP contribution in [-0.2, 0) is 5.41 Å². The fourth-order valence-electron chi connectivity index (χ4n) is 7.67. The third-order valence-corrected chi connectivity index (χ3v) is 9.79. The zero-order valence-corrected chi connectivity index (χ0v) is 26.1. The van der Waals surface area contributed by atoms with Crippen molar-refractivity contribution in [2.24, 2.45) is 0 Å². The lowest BCUT2D eigenvalue weighted by Gasteiger charge is -2.28. The van der Waals surface area contributed by atoms with Crippen molar-refractivity contribution >= 4 is 49.4 Å². The average Bonchev–Trinajstić information content (AvgIpc) is 3.32. The molecule has 1 aliphatic carbocycles. The Morgan fingerprint density at radius 2 is 1.16 bits per heavy atom. The molecule has 0 amide bonds. The second-order valence-corrected chi connectivity index (χ2v) is 13.1. The van der Waals surface area contributed by atoms with Gasteiger partial charge in [-0.3, -0.25) is 0 Å². The first kappa shape index (κ1) is 27.2. The number of nitriles is 1. The number of rotatable bonds is 4. The van der Waals surface area contributed by atoms with Gasteiger partial charge in [-0.2, -0.15) is 5.26 Å². The van der Waals surface area contributed by atoms with Gasteiger partial charge in [0.1, 0.15) is 0 Å². The van der Waals surface area contributed by atoms with Crippen molar-refractivity contribution in [3.05, 3.63) is 150 Å². The van der Waals surface area contributed by atoms with E-state index in [1.54, 1.807) is 0 Å². The van der Waals surface area contributed by atoms with Gasteiger partial charge >= 0.3 is 0 Å². The minimum atomic E-state index is -0.172. The topological polar surface area (TPSA) is 27.0 Å². The molecule has 2 nitrogen and oxygen atoms in total. The van der Waals surface area contributed by atoms with Crippen LogP contribution in [0, 0.1) is 11.3 Å². The lowest BCUT2D eigenvalue weighted by atomic mass is 9.78. The quantitative estimate of drug-likeness (QED) is 0.194. The molecule has 7 aromatic carbocycles. The SMILES string of the molecule is CC(C)c1ccc(N(c2ccc(C#N)cc2)c2ccc3c4c(ccc3c2)-c2c(c3ccccc3c3ccccc23)C4(C)C)cc1. The lowest BCUT2D eigenvalue weighted by Crippen LogP contribution is -2.16. The zero-order valence-electron chi connectivity index (χ0n) is 26.1. The minimum absolute atomic E-state index is 0.172. The summed E-state index contributed by atoms with van der Waals surface area (Å²) in [6, 6.07) is 48.3. The van der Waals surface area contributed by atoms with Gasteiger partial charge in [0.05, 0.1) is 11.6 Å². The van der Waals surface area contributed by atoms with Gasteiger partial charge in [-0.05, 0) is 115 Å². The average molecular weight is 579 g/mol. The van der Waals surface area contributed by atoms with Gasteiger partial charge in [0, 0.05) is 22.5 Å². The summed E-state index contributed by atoms with van der Waals surface area (Å²) in [5.74, 6) is 0.465. The van der Waals surface area contributed by atoms with Gasteiger partial charge in [0.2, 0.25) is 0 Å². The van der Waals surface area contributed by atoms with Gasteiger partial charge in [0.15, 0.2) is 0 Å². The van der Waals surface area contributed by atoms with E-state index in [2.05, 4.69) is 142 Å². The second-order valence-electron chi connectivity index (χ2n) is 13.1. The molecule has 0 bridgehead atoms. The minimum Gasteiger partial charge on any atom is -0.310 e. The van der Waals surface area contributed by atoms with Gasteiger partial charge in [-0.25, -0.2) is 0 Å². The van der Waals surface area contributed by atoms with Crippen LogP contribution in [0.25, 0.3) is 43.4 Å². The summed E-state index contributed by atoms with van der Waals surface area (Å²) in [4.78, 5) is 2.29. The Morgan fingerprint density at radius 3 is 1.80 bits per heavy atom.